The van der Waals surface area contributed by atoms with Crippen LogP contribution in [0.5, 0.6) is 0 Å². The summed E-state index contributed by atoms with van der Waals surface area (Å²) in [7, 11) is 2.58. The Labute approximate surface area is 323 Å². The largest absolute Gasteiger partial charge is 0.454 e. The molecular formula is C41H48N8O7. The van der Waals surface area contributed by atoms with Crippen molar-refractivity contribution in [1.82, 2.24) is 40.4 Å². The summed E-state index contributed by atoms with van der Waals surface area (Å²) in [4.78, 5) is 71.9. The zero-order chi connectivity index (χ0) is 39.4. The van der Waals surface area contributed by atoms with Gasteiger partial charge in [-0.1, -0.05) is 45.9 Å². The number of carbonyl (C=O) groups excluding carboxylic acids is 4. The predicted molar refractivity (Wildman–Crippen MR) is 207 cm³/mol. The predicted octanol–water partition coefficient (Wildman–Crippen LogP) is 6.36. The number of fused-ring (bicyclic) bond motifs is 6. The number of furan rings is 1. The first-order valence-electron chi connectivity index (χ1n) is 19.4. The van der Waals surface area contributed by atoms with E-state index >= 15 is 0 Å². The van der Waals surface area contributed by atoms with E-state index in [0.717, 1.165) is 93.2 Å². The summed E-state index contributed by atoms with van der Waals surface area (Å²) in [6.07, 6.45) is 2.57. The first-order valence-corrected chi connectivity index (χ1v) is 19.4. The molecule has 2 fully saturated rings. The van der Waals surface area contributed by atoms with Crippen LogP contribution in [0.4, 0.5) is 9.59 Å². The Morgan fingerprint density at radius 2 is 1.41 bits per heavy atom. The van der Waals surface area contributed by atoms with E-state index in [1.807, 2.05) is 55.7 Å². The Kier molecular flexibility index (Phi) is 9.71. The molecule has 5 heterocycles. The number of likely N-dealkylation sites (tertiary alicyclic amines) is 2. The van der Waals surface area contributed by atoms with Gasteiger partial charge < -0.3 is 44.3 Å². The molecule has 15 heteroatoms. The van der Waals surface area contributed by atoms with E-state index in [4.69, 9.17) is 23.9 Å². The van der Waals surface area contributed by atoms with E-state index in [1.54, 1.807) is 0 Å². The number of hydrogen-bond acceptors (Lipinski definition) is 9. The van der Waals surface area contributed by atoms with Crippen LogP contribution in [0.1, 0.15) is 88.4 Å². The number of aromatic nitrogens is 4. The first kappa shape index (κ1) is 37.1. The second kappa shape index (κ2) is 14.7. The number of rotatable bonds is 9. The number of amides is 4. The molecule has 2 saturated heterocycles. The third-order valence-electron chi connectivity index (χ3n) is 11.5. The van der Waals surface area contributed by atoms with Gasteiger partial charge in [0.05, 0.1) is 43.0 Å². The molecule has 294 valence electrons. The number of methoxy groups -OCH3 is 2. The Bertz CT molecular complexity index is 2340. The van der Waals surface area contributed by atoms with Gasteiger partial charge in [-0.3, -0.25) is 9.59 Å². The van der Waals surface area contributed by atoms with E-state index < -0.39 is 24.3 Å². The third kappa shape index (κ3) is 6.52. The summed E-state index contributed by atoms with van der Waals surface area (Å²) >= 11 is 0. The SMILES string of the molecule is COC(=O)N[C@H](C(=O)N1CCC[C@H]1c1nc2c([nH]1)-c1oc(-c3ccc4c(ccc5nc([C@@H]6CCCN6C(=O)[C@@H](NC(=O)OC)C(C)C)[nH]c54)c3)cc1C2)C(C)C. The molecule has 4 N–H and O–H groups in total. The molecule has 5 aromatic rings. The molecule has 0 spiro atoms. The van der Waals surface area contributed by atoms with Crippen LogP contribution in [0, 0.1) is 11.8 Å². The van der Waals surface area contributed by atoms with Crippen LogP contribution in [0.3, 0.4) is 0 Å². The van der Waals surface area contributed by atoms with E-state index in [2.05, 4.69) is 38.8 Å². The van der Waals surface area contributed by atoms with Crippen LogP contribution in [0.2, 0.25) is 0 Å². The molecule has 1 aliphatic carbocycles. The summed E-state index contributed by atoms with van der Waals surface area (Å²) in [6.45, 7) is 8.77. The normalized spacial score (nSPS) is 18.8. The number of ether oxygens (including phenoxy) is 2. The van der Waals surface area contributed by atoms with Crippen molar-refractivity contribution in [2.75, 3.05) is 27.3 Å². The Balaban J connectivity index is 1.02. The van der Waals surface area contributed by atoms with Crippen molar-refractivity contribution < 1.29 is 33.1 Å². The number of benzene rings is 2. The summed E-state index contributed by atoms with van der Waals surface area (Å²) in [5.41, 5.74) is 5.42. The fourth-order valence-electron chi connectivity index (χ4n) is 8.52. The molecule has 0 unspecified atom stereocenters. The maximum absolute atomic E-state index is 13.7. The van der Waals surface area contributed by atoms with Gasteiger partial charge in [-0.05, 0) is 61.1 Å². The quantitative estimate of drug-likeness (QED) is 0.130. The molecule has 15 nitrogen and oxygen atoms in total. The monoisotopic (exact) mass is 764 g/mol. The van der Waals surface area contributed by atoms with Crippen molar-refractivity contribution in [1.29, 1.82) is 0 Å². The van der Waals surface area contributed by atoms with Crippen LogP contribution < -0.4 is 10.6 Å². The van der Waals surface area contributed by atoms with Crippen molar-refractivity contribution in [3.8, 4) is 22.8 Å². The zero-order valence-corrected chi connectivity index (χ0v) is 32.5. The average molecular weight is 765 g/mol. The van der Waals surface area contributed by atoms with Crippen LogP contribution in [0.15, 0.2) is 40.8 Å². The van der Waals surface area contributed by atoms with Gasteiger partial charge in [0.1, 0.15) is 35.2 Å². The minimum atomic E-state index is -0.703. The van der Waals surface area contributed by atoms with Gasteiger partial charge in [0.2, 0.25) is 11.8 Å². The maximum Gasteiger partial charge on any atom is 0.407 e. The molecule has 4 amide bonds. The molecule has 3 aromatic heterocycles. The summed E-state index contributed by atoms with van der Waals surface area (Å²) in [6, 6.07) is 10.5. The lowest BCUT2D eigenvalue weighted by molar-refractivity contribution is -0.136. The lowest BCUT2D eigenvalue weighted by Crippen LogP contribution is -2.51. The molecule has 2 aromatic carbocycles. The number of alkyl carbamates (subject to hydrolysis) is 2. The number of H-pyrrole nitrogens is 2. The molecule has 0 saturated carbocycles. The highest BCUT2D eigenvalue weighted by atomic mass is 16.5. The second-order valence-electron chi connectivity index (χ2n) is 15.7. The zero-order valence-electron chi connectivity index (χ0n) is 32.5. The highest BCUT2D eigenvalue weighted by Gasteiger charge is 2.40. The van der Waals surface area contributed by atoms with E-state index in [1.165, 1.54) is 14.2 Å². The molecule has 4 atom stereocenters. The van der Waals surface area contributed by atoms with Gasteiger partial charge in [0, 0.05) is 36.0 Å². The topological polar surface area (TPSA) is 188 Å². The summed E-state index contributed by atoms with van der Waals surface area (Å²) < 4.78 is 16.1. The minimum Gasteiger partial charge on any atom is -0.454 e. The fourth-order valence-corrected chi connectivity index (χ4v) is 8.52. The van der Waals surface area contributed by atoms with Crippen LogP contribution >= 0.6 is 0 Å². The van der Waals surface area contributed by atoms with Gasteiger partial charge in [0.15, 0.2) is 5.76 Å². The maximum atomic E-state index is 13.7. The number of carbonyl (C=O) groups is 4. The highest BCUT2D eigenvalue weighted by molar-refractivity contribution is 6.05. The third-order valence-corrected chi connectivity index (χ3v) is 11.5. The lowest BCUT2D eigenvalue weighted by Gasteiger charge is -2.30. The van der Waals surface area contributed by atoms with Crippen molar-refractivity contribution >= 4 is 45.8 Å². The lowest BCUT2D eigenvalue weighted by atomic mass is 10.0. The molecule has 8 rings (SSSR count). The minimum absolute atomic E-state index is 0.117. The molecule has 0 radical (unpaired) electrons. The molecule has 56 heavy (non-hydrogen) atoms. The van der Waals surface area contributed by atoms with Gasteiger partial charge in [-0.15, -0.1) is 0 Å². The van der Waals surface area contributed by atoms with E-state index in [9.17, 15) is 19.2 Å². The summed E-state index contributed by atoms with van der Waals surface area (Å²) in [5, 5.41) is 7.43. The van der Waals surface area contributed by atoms with Crippen LogP contribution in [0.25, 0.3) is 44.6 Å². The standard InChI is InChI=1S/C41H48N8O7/c1-20(2)31(46-40(52)54-5)38(50)48-15-7-9-28(48)36-42-26-14-12-22-17-23(11-13-25(22)33(26)44-36)30-19-24-18-27-34(35(24)56-30)45-37(43-27)29-10-8-16-49(29)39(51)32(21(3)4)47-41(53)55-6/h11-14,17,19-21,28-29,31-32H,7-10,15-16,18H2,1-6H3,(H,42,44)(H,43,45)(H,46,52)(H,47,53)/t28-,29-,31-,32-/m0/s1. The van der Waals surface area contributed by atoms with Gasteiger partial charge in [-0.25, -0.2) is 19.6 Å². The summed E-state index contributed by atoms with van der Waals surface area (Å²) in [5.74, 6) is 2.42. The molecular weight excluding hydrogens is 716 g/mol. The van der Waals surface area contributed by atoms with Crippen LogP contribution in [-0.4, -0.2) is 93.1 Å². The smallest absolute Gasteiger partial charge is 0.407 e. The first-order chi connectivity index (χ1) is 26.9. The number of nitrogens with one attached hydrogen (secondary N) is 4. The number of imidazole rings is 2. The molecule has 3 aliphatic rings. The van der Waals surface area contributed by atoms with Gasteiger partial charge >= 0.3 is 12.2 Å². The van der Waals surface area contributed by atoms with Crippen molar-refractivity contribution in [2.24, 2.45) is 11.8 Å². The van der Waals surface area contributed by atoms with Crippen molar-refractivity contribution in [3.05, 3.63) is 59.3 Å². The fraction of sp³-hybridized carbons (Fsp3) is 0.463. The van der Waals surface area contributed by atoms with E-state index in [0.29, 0.717) is 19.5 Å². The Hall–Kier alpha value is -5.86. The van der Waals surface area contributed by atoms with E-state index in [-0.39, 0.29) is 35.7 Å². The van der Waals surface area contributed by atoms with Crippen LogP contribution in [-0.2, 0) is 25.5 Å². The number of hydrogen-bond donors (Lipinski definition) is 4. The molecule has 2 aliphatic heterocycles. The van der Waals surface area contributed by atoms with Crippen molar-refractivity contribution in [3.63, 3.8) is 0 Å². The number of aromatic amines is 2. The Morgan fingerprint density at radius 1 is 0.804 bits per heavy atom. The molecule has 0 bridgehead atoms. The van der Waals surface area contributed by atoms with Gasteiger partial charge in [-0.2, -0.15) is 0 Å². The average Bonchev–Trinajstić information content (AvgIpc) is 4.04. The van der Waals surface area contributed by atoms with Crippen molar-refractivity contribution in [2.45, 2.75) is 84.0 Å². The Morgan fingerprint density at radius 3 is 2.00 bits per heavy atom. The van der Waals surface area contributed by atoms with Gasteiger partial charge in [0.25, 0.3) is 0 Å². The number of nitrogens with zero attached hydrogens (tertiary/aromatic N) is 4. The highest BCUT2D eigenvalue weighted by Crippen LogP contribution is 2.43. The second-order valence-corrected chi connectivity index (χ2v) is 15.7.